The molecule has 1 aromatic heterocycles. The molecule has 0 saturated heterocycles. The number of nitrogens with zero attached hydrogens (tertiary/aromatic N) is 3. The summed E-state index contributed by atoms with van der Waals surface area (Å²) in [5.41, 5.74) is 1.11. The molecule has 0 unspecified atom stereocenters. The largest absolute Gasteiger partial charge is 0.301 e. The third-order valence-corrected chi connectivity index (χ3v) is 2.07. The standard InChI is InChI=1S/C10H12ClN3/c1-14(6-2-5-12)8-9-3-4-10(11)13-7-9/h3-4,7H,2,6,8H2,1H3. The van der Waals surface area contributed by atoms with Crippen molar-refractivity contribution in [3.63, 3.8) is 0 Å². The van der Waals surface area contributed by atoms with Crippen molar-refractivity contribution >= 4 is 11.6 Å². The number of hydrogen-bond acceptors (Lipinski definition) is 3. The number of nitriles is 1. The van der Waals surface area contributed by atoms with Crippen LogP contribution in [-0.2, 0) is 6.54 Å². The molecule has 0 amide bonds. The predicted octanol–water partition coefficient (Wildman–Crippen LogP) is 2.08. The van der Waals surface area contributed by atoms with Crippen LogP contribution in [0.2, 0.25) is 5.15 Å². The van der Waals surface area contributed by atoms with Gasteiger partial charge in [0.25, 0.3) is 0 Å². The average Bonchev–Trinajstić information content (AvgIpc) is 2.18. The lowest BCUT2D eigenvalue weighted by Crippen LogP contribution is -2.18. The molecule has 0 N–H and O–H groups in total. The summed E-state index contributed by atoms with van der Waals surface area (Å²) in [7, 11) is 1.98. The van der Waals surface area contributed by atoms with Gasteiger partial charge >= 0.3 is 0 Å². The van der Waals surface area contributed by atoms with E-state index < -0.39 is 0 Å². The van der Waals surface area contributed by atoms with Crippen LogP contribution < -0.4 is 0 Å². The third-order valence-electron chi connectivity index (χ3n) is 1.85. The molecule has 0 saturated carbocycles. The van der Waals surface area contributed by atoms with E-state index >= 15 is 0 Å². The zero-order valence-corrected chi connectivity index (χ0v) is 8.83. The predicted molar refractivity (Wildman–Crippen MR) is 55.8 cm³/mol. The van der Waals surface area contributed by atoms with Crippen LogP contribution in [0.15, 0.2) is 18.3 Å². The summed E-state index contributed by atoms with van der Waals surface area (Å²) in [6.45, 7) is 1.57. The summed E-state index contributed by atoms with van der Waals surface area (Å²) < 4.78 is 0. The first kappa shape index (κ1) is 11.0. The van der Waals surface area contributed by atoms with E-state index in [0.717, 1.165) is 18.7 Å². The van der Waals surface area contributed by atoms with Gasteiger partial charge in [0.15, 0.2) is 0 Å². The fourth-order valence-corrected chi connectivity index (χ4v) is 1.24. The Balaban J connectivity index is 2.44. The zero-order valence-electron chi connectivity index (χ0n) is 8.07. The maximum Gasteiger partial charge on any atom is 0.129 e. The van der Waals surface area contributed by atoms with Crippen LogP contribution in [0.4, 0.5) is 0 Å². The van der Waals surface area contributed by atoms with E-state index in [1.807, 2.05) is 13.1 Å². The van der Waals surface area contributed by atoms with Crippen molar-refractivity contribution in [2.24, 2.45) is 0 Å². The van der Waals surface area contributed by atoms with Gasteiger partial charge in [-0.15, -0.1) is 0 Å². The fraction of sp³-hybridized carbons (Fsp3) is 0.400. The van der Waals surface area contributed by atoms with E-state index in [1.165, 1.54) is 0 Å². The molecule has 0 aromatic carbocycles. The minimum Gasteiger partial charge on any atom is -0.301 e. The molecule has 0 atom stereocenters. The maximum atomic E-state index is 8.41. The van der Waals surface area contributed by atoms with Crippen LogP contribution in [0, 0.1) is 11.3 Å². The highest BCUT2D eigenvalue weighted by atomic mass is 35.5. The number of pyridine rings is 1. The highest BCUT2D eigenvalue weighted by Gasteiger charge is 1.99. The lowest BCUT2D eigenvalue weighted by atomic mass is 10.2. The second-order valence-electron chi connectivity index (χ2n) is 3.14. The van der Waals surface area contributed by atoms with Crippen LogP contribution >= 0.6 is 11.6 Å². The minimum atomic E-state index is 0.508. The van der Waals surface area contributed by atoms with Crippen molar-refractivity contribution in [3.05, 3.63) is 29.0 Å². The number of aromatic nitrogens is 1. The second kappa shape index (κ2) is 5.58. The lowest BCUT2D eigenvalue weighted by molar-refractivity contribution is 0.334. The van der Waals surface area contributed by atoms with Crippen molar-refractivity contribution in [1.82, 2.24) is 9.88 Å². The normalized spacial score (nSPS) is 10.1. The Morgan fingerprint density at radius 3 is 2.93 bits per heavy atom. The molecule has 0 aliphatic carbocycles. The van der Waals surface area contributed by atoms with Gasteiger partial charge in [0.05, 0.1) is 6.07 Å². The topological polar surface area (TPSA) is 39.9 Å². The first-order chi connectivity index (χ1) is 6.72. The van der Waals surface area contributed by atoms with Gasteiger partial charge in [-0.05, 0) is 18.7 Å². The molecule has 0 fully saturated rings. The molecule has 0 aliphatic heterocycles. The van der Waals surface area contributed by atoms with Crippen LogP contribution in [0.3, 0.4) is 0 Å². The molecule has 74 valence electrons. The van der Waals surface area contributed by atoms with Gasteiger partial charge in [-0.1, -0.05) is 17.7 Å². The van der Waals surface area contributed by atoms with E-state index in [9.17, 15) is 0 Å². The van der Waals surface area contributed by atoms with Gasteiger partial charge in [-0.3, -0.25) is 0 Å². The first-order valence-electron chi connectivity index (χ1n) is 4.38. The zero-order chi connectivity index (χ0) is 10.4. The van der Waals surface area contributed by atoms with Crippen molar-refractivity contribution < 1.29 is 0 Å². The highest BCUT2D eigenvalue weighted by Crippen LogP contribution is 2.07. The van der Waals surface area contributed by atoms with Gasteiger partial charge in [0.2, 0.25) is 0 Å². The Hall–Kier alpha value is -1.11. The lowest BCUT2D eigenvalue weighted by Gasteiger charge is -2.14. The van der Waals surface area contributed by atoms with Crippen LogP contribution in [0.5, 0.6) is 0 Å². The third kappa shape index (κ3) is 3.73. The monoisotopic (exact) mass is 209 g/mol. The Labute approximate surface area is 88.9 Å². The summed E-state index contributed by atoms with van der Waals surface area (Å²) in [6.07, 6.45) is 2.31. The summed E-state index contributed by atoms with van der Waals surface area (Å²) in [5, 5.41) is 8.92. The molecular formula is C10H12ClN3. The van der Waals surface area contributed by atoms with Gasteiger partial charge in [0, 0.05) is 25.7 Å². The van der Waals surface area contributed by atoms with Gasteiger partial charge in [0.1, 0.15) is 5.15 Å². The molecule has 0 aliphatic rings. The highest BCUT2D eigenvalue weighted by molar-refractivity contribution is 6.29. The van der Waals surface area contributed by atoms with E-state index in [0.29, 0.717) is 11.6 Å². The van der Waals surface area contributed by atoms with Crippen molar-refractivity contribution in [2.75, 3.05) is 13.6 Å². The van der Waals surface area contributed by atoms with Crippen LogP contribution in [0.1, 0.15) is 12.0 Å². The number of halogens is 1. The summed E-state index contributed by atoms with van der Waals surface area (Å²) in [4.78, 5) is 6.06. The van der Waals surface area contributed by atoms with Gasteiger partial charge < -0.3 is 4.90 Å². The molecule has 0 radical (unpaired) electrons. The second-order valence-corrected chi connectivity index (χ2v) is 3.52. The minimum absolute atomic E-state index is 0.508. The van der Waals surface area contributed by atoms with Gasteiger partial charge in [-0.25, -0.2) is 4.98 Å². The van der Waals surface area contributed by atoms with E-state index in [-0.39, 0.29) is 0 Å². The quantitative estimate of drug-likeness (QED) is 0.713. The Morgan fingerprint density at radius 1 is 1.57 bits per heavy atom. The molecule has 1 heterocycles. The van der Waals surface area contributed by atoms with Crippen molar-refractivity contribution in [2.45, 2.75) is 13.0 Å². The molecule has 0 spiro atoms. The smallest absolute Gasteiger partial charge is 0.129 e. The number of rotatable bonds is 4. The molecule has 0 bridgehead atoms. The summed E-state index contributed by atoms with van der Waals surface area (Å²) in [6, 6.07) is 5.83. The van der Waals surface area contributed by atoms with Crippen LogP contribution in [-0.4, -0.2) is 23.5 Å². The first-order valence-corrected chi connectivity index (χ1v) is 4.76. The molecule has 14 heavy (non-hydrogen) atoms. The Bertz CT molecular complexity index is 315. The van der Waals surface area contributed by atoms with Crippen LogP contribution in [0.25, 0.3) is 0 Å². The summed E-state index contributed by atoms with van der Waals surface area (Å²) in [5.74, 6) is 0. The average molecular weight is 210 g/mol. The SMILES string of the molecule is CN(CCC#N)Cc1ccc(Cl)nc1. The molecular weight excluding hydrogens is 198 g/mol. The maximum absolute atomic E-state index is 8.41. The Kier molecular flexibility index (Phi) is 4.37. The Morgan fingerprint density at radius 2 is 2.36 bits per heavy atom. The van der Waals surface area contributed by atoms with E-state index in [4.69, 9.17) is 16.9 Å². The fourth-order valence-electron chi connectivity index (χ4n) is 1.13. The van der Waals surface area contributed by atoms with E-state index in [1.54, 1.807) is 12.3 Å². The number of hydrogen-bond donors (Lipinski definition) is 0. The van der Waals surface area contributed by atoms with Gasteiger partial charge in [-0.2, -0.15) is 5.26 Å². The molecule has 1 aromatic rings. The molecule has 1 rings (SSSR count). The van der Waals surface area contributed by atoms with E-state index in [2.05, 4.69) is 16.0 Å². The molecule has 3 nitrogen and oxygen atoms in total. The van der Waals surface area contributed by atoms with Crippen molar-refractivity contribution in [3.8, 4) is 6.07 Å². The summed E-state index contributed by atoms with van der Waals surface area (Å²) >= 11 is 5.66. The molecule has 4 heteroatoms. The van der Waals surface area contributed by atoms with Crippen molar-refractivity contribution in [1.29, 1.82) is 5.26 Å².